The molecule has 8 heteroatoms. The maximum atomic E-state index is 13.4. The Morgan fingerprint density at radius 1 is 0.703 bits per heavy atom. The maximum Gasteiger partial charge on any atom is 0.416 e. The standard InChI is InChI=1S/C29H26F4N4/c30-24-11-7-20(8-12-24)17-26-34-27(18-21-9-13-25(14-10-21)37-15-2-1-3-16-37)36-28(35-26)22-5-4-6-23(19-22)29(31,32)33/h4-14,19H,1-3,15-18H2. The Labute approximate surface area is 213 Å². The minimum absolute atomic E-state index is 0.179. The van der Waals surface area contributed by atoms with Gasteiger partial charge in [0, 0.05) is 37.2 Å². The number of anilines is 1. The van der Waals surface area contributed by atoms with Crippen molar-refractivity contribution in [3.63, 3.8) is 0 Å². The Kier molecular flexibility index (Phi) is 7.17. The van der Waals surface area contributed by atoms with E-state index in [1.54, 1.807) is 18.2 Å². The Bertz CT molecular complexity index is 1350. The lowest BCUT2D eigenvalue weighted by atomic mass is 10.1. The van der Waals surface area contributed by atoms with Crippen molar-refractivity contribution in [1.29, 1.82) is 0 Å². The van der Waals surface area contributed by atoms with Gasteiger partial charge in [0.05, 0.1) is 5.56 Å². The van der Waals surface area contributed by atoms with Crippen molar-refractivity contribution in [2.45, 2.75) is 38.3 Å². The summed E-state index contributed by atoms with van der Waals surface area (Å²) in [5, 5.41) is 0. The Morgan fingerprint density at radius 2 is 1.30 bits per heavy atom. The summed E-state index contributed by atoms with van der Waals surface area (Å²) in [5.74, 6) is 0.704. The Hall–Kier alpha value is -3.81. The molecule has 4 aromatic rings. The minimum atomic E-state index is -4.47. The van der Waals surface area contributed by atoms with Gasteiger partial charge in [0.25, 0.3) is 0 Å². The van der Waals surface area contributed by atoms with Crippen LogP contribution in [0.4, 0.5) is 23.2 Å². The molecule has 0 aliphatic carbocycles. The number of hydrogen-bond donors (Lipinski definition) is 0. The third-order valence-electron chi connectivity index (χ3n) is 6.47. The zero-order chi connectivity index (χ0) is 25.8. The molecule has 0 unspecified atom stereocenters. The van der Waals surface area contributed by atoms with Gasteiger partial charge in [-0.15, -0.1) is 0 Å². The van der Waals surface area contributed by atoms with Crippen LogP contribution < -0.4 is 4.90 Å². The molecule has 0 radical (unpaired) electrons. The van der Waals surface area contributed by atoms with E-state index in [0.29, 0.717) is 24.5 Å². The molecule has 1 fully saturated rings. The number of rotatable bonds is 6. The molecule has 1 saturated heterocycles. The fraction of sp³-hybridized carbons (Fsp3) is 0.276. The lowest BCUT2D eigenvalue weighted by Crippen LogP contribution is -2.29. The molecule has 1 aromatic heterocycles. The van der Waals surface area contributed by atoms with Gasteiger partial charge in [0.15, 0.2) is 5.82 Å². The molecule has 1 aliphatic rings. The van der Waals surface area contributed by atoms with Gasteiger partial charge >= 0.3 is 6.18 Å². The van der Waals surface area contributed by atoms with Crippen LogP contribution in [0.15, 0.2) is 72.8 Å². The van der Waals surface area contributed by atoms with Gasteiger partial charge in [0.2, 0.25) is 0 Å². The van der Waals surface area contributed by atoms with Crippen molar-refractivity contribution in [2.75, 3.05) is 18.0 Å². The van der Waals surface area contributed by atoms with E-state index in [9.17, 15) is 17.6 Å². The molecule has 0 atom stereocenters. The summed E-state index contributed by atoms with van der Waals surface area (Å²) >= 11 is 0. The first-order valence-electron chi connectivity index (χ1n) is 12.3. The van der Waals surface area contributed by atoms with E-state index in [1.807, 2.05) is 12.1 Å². The van der Waals surface area contributed by atoms with Crippen molar-refractivity contribution in [3.8, 4) is 11.4 Å². The Morgan fingerprint density at radius 3 is 1.89 bits per heavy atom. The van der Waals surface area contributed by atoms with Gasteiger partial charge in [-0.1, -0.05) is 36.4 Å². The summed E-state index contributed by atoms with van der Waals surface area (Å²) in [7, 11) is 0. The van der Waals surface area contributed by atoms with Crippen LogP contribution in [0.25, 0.3) is 11.4 Å². The number of hydrogen-bond acceptors (Lipinski definition) is 4. The molecule has 1 aliphatic heterocycles. The summed E-state index contributed by atoms with van der Waals surface area (Å²) < 4.78 is 53.4. The van der Waals surface area contributed by atoms with Gasteiger partial charge in [-0.25, -0.2) is 19.3 Å². The first-order valence-corrected chi connectivity index (χ1v) is 12.3. The third kappa shape index (κ3) is 6.31. The average Bonchev–Trinajstić information content (AvgIpc) is 2.90. The third-order valence-corrected chi connectivity index (χ3v) is 6.47. The minimum Gasteiger partial charge on any atom is -0.372 e. The summed E-state index contributed by atoms with van der Waals surface area (Å²) in [5.41, 5.74) is 2.47. The van der Waals surface area contributed by atoms with Gasteiger partial charge < -0.3 is 4.90 Å². The smallest absolute Gasteiger partial charge is 0.372 e. The van der Waals surface area contributed by atoms with E-state index >= 15 is 0 Å². The first kappa shape index (κ1) is 24.9. The highest BCUT2D eigenvalue weighted by Crippen LogP contribution is 2.31. The summed E-state index contributed by atoms with van der Waals surface area (Å²) in [4.78, 5) is 16.0. The molecule has 0 saturated carbocycles. The lowest BCUT2D eigenvalue weighted by Gasteiger charge is -2.28. The molecule has 37 heavy (non-hydrogen) atoms. The van der Waals surface area contributed by atoms with Crippen molar-refractivity contribution in [2.24, 2.45) is 0 Å². The molecule has 2 heterocycles. The second-order valence-electron chi connectivity index (χ2n) is 9.26. The predicted molar refractivity (Wildman–Crippen MR) is 135 cm³/mol. The van der Waals surface area contributed by atoms with Crippen LogP contribution in [-0.2, 0) is 19.0 Å². The topological polar surface area (TPSA) is 41.9 Å². The fourth-order valence-corrected chi connectivity index (χ4v) is 4.53. The van der Waals surface area contributed by atoms with Gasteiger partial charge in [-0.3, -0.25) is 0 Å². The lowest BCUT2D eigenvalue weighted by molar-refractivity contribution is -0.137. The second-order valence-corrected chi connectivity index (χ2v) is 9.26. The average molecular weight is 507 g/mol. The van der Waals surface area contributed by atoms with Crippen LogP contribution in [0.5, 0.6) is 0 Å². The van der Waals surface area contributed by atoms with E-state index in [-0.39, 0.29) is 17.2 Å². The highest BCUT2D eigenvalue weighted by molar-refractivity contribution is 5.56. The largest absolute Gasteiger partial charge is 0.416 e. The van der Waals surface area contributed by atoms with Crippen molar-refractivity contribution >= 4 is 5.69 Å². The van der Waals surface area contributed by atoms with Crippen LogP contribution >= 0.6 is 0 Å². The highest BCUT2D eigenvalue weighted by Gasteiger charge is 2.30. The zero-order valence-corrected chi connectivity index (χ0v) is 20.2. The first-order chi connectivity index (χ1) is 17.8. The summed E-state index contributed by atoms with van der Waals surface area (Å²) in [6.07, 6.45) is -0.105. The summed E-state index contributed by atoms with van der Waals surface area (Å²) in [6, 6.07) is 19.2. The number of benzene rings is 3. The molecular formula is C29H26F4N4. The molecule has 0 spiro atoms. The molecule has 0 N–H and O–H groups in total. The maximum absolute atomic E-state index is 13.4. The Balaban J connectivity index is 1.46. The number of halogens is 4. The highest BCUT2D eigenvalue weighted by atomic mass is 19.4. The van der Waals surface area contributed by atoms with E-state index in [2.05, 4.69) is 32.0 Å². The van der Waals surface area contributed by atoms with Gasteiger partial charge in [-0.2, -0.15) is 13.2 Å². The van der Waals surface area contributed by atoms with Crippen molar-refractivity contribution in [3.05, 3.63) is 107 Å². The number of nitrogens with zero attached hydrogens (tertiary/aromatic N) is 4. The predicted octanol–water partition coefficient (Wildman–Crippen LogP) is 6.87. The number of aromatic nitrogens is 3. The normalized spacial score (nSPS) is 14.1. The van der Waals surface area contributed by atoms with E-state index in [4.69, 9.17) is 0 Å². The summed E-state index contributed by atoms with van der Waals surface area (Å²) in [6.45, 7) is 2.11. The molecular weight excluding hydrogens is 480 g/mol. The molecule has 0 amide bonds. The van der Waals surface area contributed by atoms with Crippen LogP contribution in [-0.4, -0.2) is 28.0 Å². The van der Waals surface area contributed by atoms with Crippen LogP contribution in [0.1, 0.15) is 47.6 Å². The van der Waals surface area contributed by atoms with Crippen LogP contribution in [0.3, 0.4) is 0 Å². The van der Waals surface area contributed by atoms with E-state index in [1.165, 1.54) is 43.1 Å². The molecule has 4 nitrogen and oxygen atoms in total. The van der Waals surface area contributed by atoms with Crippen molar-refractivity contribution in [1.82, 2.24) is 15.0 Å². The van der Waals surface area contributed by atoms with Crippen LogP contribution in [0, 0.1) is 5.82 Å². The van der Waals surface area contributed by atoms with Crippen molar-refractivity contribution < 1.29 is 17.6 Å². The molecule has 5 rings (SSSR count). The van der Waals surface area contributed by atoms with Gasteiger partial charge in [0.1, 0.15) is 17.5 Å². The van der Waals surface area contributed by atoms with Gasteiger partial charge in [-0.05, 0) is 66.8 Å². The molecule has 0 bridgehead atoms. The van der Waals surface area contributed by atoms with Crippen LogP contribution in [0.2, 0.25) is 0 Å². The zero-order valence-electron chi connectivity index (χ0n) is 20.2. The quantitative estimate of drug-likeness (QED) is 0.268. The fourth-order valence-electron chi connectivity index (χ4n) is 4.53. The monoisotopic (exact) mass is 506 g/mol. The SMILES string of the molecule is Fc1ccc(Cc2nc(Cc3ccc(N4CCCCC4)cc3)nc(-c3cccc(C(F)(F)F)c3)n2)cc1. The number of piperidine rings is 1. The van der Waals surface area contributed by atoms with E-state index < -0.39 is 11.7 Å². The second kappa shape index (κ2) is 10.7. The van der Waals surface area contributed by atoms with E-state index in [0.717, 1.165) is 36.3 Å². The number of alkyl halides is 3. The molecule has 3 aromatic carbocycles. The molecule has 190 valence electrons.